The Balaban J connectivity index is 1.88. The minimum absolute atomic E-state index is 0.0967. The predicted molar refractivity (Wildman–Crippen MR) is 114 cm³/mol. The van der Waals surface area contributed by atoms with Gasteiger partial charge in [0.15, 0.2) is 5.82 Å². The fourth-order valence-electron chi connectivity index (χ4n) is 3.09. The average Bonchev–Trinajstić information content (AvgIpc) is 3.18. The van der Waals surface area contributed by atoms with E-state index < -0.39 is 0 Å². The smallest absolute Gasteiger partial charge is 0.181 e. The Kier molecular flexibility index (Phi) is 5.00. The highest BCUT2D eigenvalue weighted by atomic mass is 32.1. The molecule has 28 heavy (non-hydrogen) atoms. The first-order valence-corrected chi connectivity index (χ1v) is 9.86. The molecule has 0 aliphatic heterocycles. The number of pyridine rings is 1. The maximum absolute atomic E-state index is 9.21. The molecule has 0 saturated heterocycles. The van der Waals surface area contributed by atoms with Crippen LogP contribution in [0.25, 0.3) is 32.2 Å². The molecule has 4 rings (SSSR count). The van der Waals surface area contributed by atoms with Crippen molar-refractivity contribution in [3.63, 3.8) is 0 Å². The van der Waals surface area contributed by atoms with E-state index >= 15 is 0 Å². The minimum Gasteiger partial charge on any atom is -0.358 e. The molecule has 0 amide bonds. The fourth-order valence-corrected chi connectivity index (χ4v) is 4.12. The van der Waals surface area contributed by atoms with E-state index in [1.54, 1.807) is 17.5 Å². The average molecular weight is 385 g/mol. The lowest BCUT2D eigenvalue weighted by molar-refractivity contribution is 0.712. The third-order valence-electron chi connectivity index (χ3n) is 4.45. The SMILES string of the molecule is C[C@@H](C#N)CN(C)c1nc(-c2ccccn2)nc2sc(-c3ccccc3)cc12. The molecule has 0 saturated carbocycles. The first kappa shape index (κ1) is 18.1. The van der Waals surface area contributed by atoms with Crippen molar-refractivity contribution >= 4 is 27.4 Å². The molecule has 0 unspecified atom stereocenters. The van der Waals surface area contributed by atoms with Crippen LogP contribution < -0.4 is 4.90 Å². The van der Waals surface area contributed by atoms with Gasteiger partial charge in [0.25, 0.3) is 0 Å². The number of fused-ring (bicyclic) bond motifs is 1. The van der Waals surface area contributed by atoms with E-state index in [9.17, 15) is 5.26 Å². The van der Waals surface area contributed by atoms with Gasteiger partial charge < -0.3 is 4.90 Å². The second-order valence-corrected chi connectivity index (χ2v) is 7.72. The molecule has 1 aromatic carbocycles. The maximum atomic E-state index is 9.21. The molecule has 3 aromatic heterocycles. The second-order valence-electron chi connectivity index (χ2n) is 6.69. The highest BCUT2D eigenvalue weighted by molar-refractivity contribution is 7.21. The highest BCUT2D eigenvalue weighted by Crippen LogP contribution is 2.37. The molecule has 4 aromatic rings. The number of benzene rings is 1. The Hall–Kier alpha value is -3.30. The highest BCUT2D eigenvalue weighted by Gasteiger charge is 2.18. The normalized spacial score (nSPS) is 11.9. The van der Waals surface area contributed by atoms with Crippen molar-refractivity contribution in [3.8, 4) is 28.0 Å². The third-order valence-corrected chi connectivity index (χ3v) is 5.53. The van der Waals surface area contributed by atoms with Crippen LogP contribution >= 0.6 is 11.3 Å². The molecule has 0 aliphatic rings. The molecule has 0 N–H and O–H groups in total. The lowest BCUT2D eigenvalue weighted by Gasteiger charge is -2.20. The standard InChI is InChI=1S/C22H19N5S/c1-15(13-23)14-27(2)21-17-12-19(16-8-4-3-5-9-16)28-22(17)26-20(25-21)18-10-6-7-11-24-18/h3-12,15H,14H2,1-2H3/t15-/m0/s1. The number of nitriles is 1. The van der Waals surface area contributed by atoms with Crippen LogP contribution in [0.5, 0.6) is 0 Å². The van der Waals surface area contributed by atoms with Crippen LogP contribution in [0.15, 0.2) is 60.8 Å². The van der Waals surface area contributed by atoms with Crippen LogP contribution in [0, 0.1) is 17.2 Å². The van der Waals surface area contributed by atoms with Gasteiger partial charge in [-0.25, -0.2) is 9.97 Å². The van der Waals surface area contributed by atoms with Crippen LogP contribution in [0.4, 0.5) is 5.82 Å². The molecule has 0 radical (unpaired) electrons. The number of nitrogens with zero attached hydrogens (tertiary/aromatic N) is 5. The van der Waals surface area contributed by atoms with Crippen molar-refractivity contribution in [2.75, 3.05) is 18.5 Å². The Morgan fingerprint density at radius 1 is 1.11 bits per heavy atom. The van der Waals surface area contributed by atoms with E-state index in [1.165, 1.54) is 0 Å². The first-order chi connectivity index (χ1) is 13.7. The topological polar surface area (TPSA) is 65.7 Å². The van der Waals surface area contributed by atoms with Gasteiger partial charge in [0.1, 0.15) is 16.3 Å². The van der Waals surface area contributed by atoms with Gasteiger partial charge in [-0.2, -0.15) is 5.26 Å². The second kappa shape index (κ2) is 7.75. The molecule has 5 nitrogen and oxygen atoms in total. The summed E-state index contributed by atoms with van der Waals surface area (Å²) in [7, 11) is 1.97. The number of thiophene rings is 1. The van der Waals surface area contributed by atoms with Crippen molar-refractivity contribution in [2.24, 2.45) is 5.92 Å². The van der Waals surface area contributed by atoms with Crippen molar-refractivity contribution in [1.29, 1.82) is 5.26 Å². The quantitative estimate of drug-likeness (QED) is 0.483. The zero-order valence-corrected chi connectivity index (χ0v) is 16.5. The summed E-state index contributed by atoms with van der Waals surface area (Å²) in [6.07, 6.45) is 1.74. The van der Waals surface area contributed by atoms with Gasteiger partial charge in [0.2, 0.25) is 0 Å². The molecule has 0 fully saturated rings. The largest absolute Gasteiger partial charge is 0.358 e. The summed E-state index contributed by atoms with van der Waals surface area (Å²) in [5.41, 5.74) is 1.89. The van der Waals surface area contributed by atoms with Gasteiger partial charge in [-0.3, -0.25) is 4.98 Å². The summed E-state index contributed by atoms with van der Waals surface area (Å²) in [6, 6.07) is 20.4. The van der Waals surface area contributed by atoms with E-state index in [0.29, 0.717) is 12.4 Å². The summed E-state index contributed by atoms with van der Waals surface area (Å²) >= 11 is 1.64. The molecule has 138 valence electrons. The summed E-state index contributed by atoms with van der Waals surface area (Å²) in [4.78, 5) is 18.1. The van der Waals surface area contributed by atoms with Crippen LogP contribution in [0.3, 0.4) is 0 Å². The van der Waals surface area contributed by atoms with E-state index in [-0.39, 0.29) is 5.92 Å². The predicted octanol–water partition coefficient (Wildman–Crippen LogP) is 5.02. The number of hydrogen-bond donors (Lipinski definition) is 0. The molecule has 1 atom stereocenters. The Bertz CT molecular complexity index is 1130. The lowest BCUT2D eigenvalue weighted by atomic mass is 10.1. The maximum Gasteiger partial charge on any atom is 0.181 e. The molecular formula is C22H19N5S. The first-order valence-electron chi connectivity index (χ1n) is 9.05. The molecule has 6 heteroatoms. The Labute approximate surface area is 168 Å². The Morgan fingerprint density at radius 2 is 1.89 bits per heavy atom. The summed E-state index contributed by atoms with van der Waals surface area (Å²) in [6.45, 7) is 2.51. The van der Waals surface area contributed by atoms with E-state index in [0.717, 1.165) is 32.2 Å². The van der Waals surface area contributed by atoms with E-state index in [4.69, 9.17) is 9.97 Å². The summed E-state index contributed by atoms with van der Waals surface area (Å²) in [5, 5.41) is 10.2. The molecule has 0 bridgehead atoms. The van der Waals surface area contributed by atoms with Crippen molar-refractivity contribution in [3.05, 3.63) is 60.8 Å². The molecule has 0 aliphatic carbocycles. The summed E-state index contributed by atoms with van der Waals surface area (Å²) in [5.74, 6) is 1.33. The van der Waals surface area contributed by atoms with Crippen LogP contribution in [-0.2, 0) is 0 Å². The summed E-state index contributed by atoms with van der Waals surface area (Å²) < 4.78 is 0. The third kappa shape index (κ3) is 3.57. The van der Waals surface area contributed by atoms with Crippen LogP contribution in [-0.4, -0.2) is 28.5 Å². The van der Waals surface area contributed by atoms with Crippen LogP contribution in [0.1, 0.15) is 6.92 Å². The fraction of sp³-hybridized carbons (Fsp3) is 0.182. The zero-order chi connectivity index (χ0) is 19.5. The van der Waals surface area contributed by atoms with Crippen LogP contribution in [0.2, 0.25) is 0 Å². The number of anilines is 1. The lowest BCUT2D eigenvalue weighted by Crippen LogP contribution is -2.24. The van der Waals surface area contributed by atoms with Crippen molar-refractivity contribution in [2.45, 2.75) is 6.92 Å². The Morgan fingerprint density at radius 3 is 2.61 bits per heavy atom. The van der Waals surface area contributed by atoms with Crippen molar-refractivity contribution < 1.29 is 0 Å². The van der Waals surface area contributed by atoms with Gasteiger partial charge in [-0.15, -0.1) is 11.3 Å². The van der Waals surface area contributed by atoms with Gasteiger partial charge in [-0.1, -0.05) is 36.4 Å². The van der Waals surface area contributed by atoms with Gasteiger partial charge >= 0.3 is 0 Å². The van der Waals surface area contributed by atoms with Gasteiger partial charge in [-0.05, 0) is 30.7 Å². The number of aromatic nitrogens is 3. The number of rotatable bonds is 5. The van der Waals surface area contributed by atoms with E-state index in [1.807, 2.05) is 55.3 Å². The van der Waals surface area contributed by atoms with Crippen molar-refractivity contribution in [1.82, 2.24) is 15.0 Å². The van der Waals surface area contributed by atoms with E-state index in [2.05, 4.69) is 29.3 Å². The molecule has 3 heterocycles. The monoisotopic (exact) mass is 385 g/mol. The zero-order valence-electron chi connectivity index (χ0n) is 15.7. The molecular weight excluding hydrogens is 366 g/mol. The molecule has 0 spiro atoms. The van der Waals surface area contributed by atoms with Gasteiger partial charge in [0, 0.05) is 24.7 Å². The van der Waals surface area contributed by atoms with Gasteiger partial charge in [0.05, 0.1) is 17.4 Å². The number of hydrogen-bond acceptors (Lipinski definition) is 6. The minimum atomic E-state index is -0.0967.